The molecular formula is C18H23ClN4. The lowest BCUT2D eigenvalue weighted by atomic mass is 9.91. The van der Waals surface area contributed by atoms with E-state index < -0.39 is 0 Å². The van der Waals surface area contributed by atoms with Crippen molar-refractivity contribution in [1.29, 1.82) is 0 Å². The molecule has 0 aliphatic carbocycles. The number of fused-ring (bicyclic) bond motifs is 1. The van der Waals surface area contributed by atoms with Crippen LogP contribution in [0.3, 0.4) is 0 Å². The van der Waals surface area contributed by atoms with E-state index in [0.29, 0.717) is 5.92 Å². The van der Waals surface area contributed by atoms with E-state index in [1.54, 1.807) is 0 Å². The molecule has 3 heterocycles. The maximum Gasteiger partial charge on any atom is 0.133 e. The molecule has 1 saturated heterocycles. The van der Waals surface area contributed by atoms with Gasteiger partial charge in [-0.3, -0.25) is 0 Å². The van der Waals surface area contributed by atoms with Crippen molar-refractivity contribution in [1.82, 2.24) is 14.7 Å². The number of halogens is 1. The number of benzene rings is 1. The summed E-state index contributed by atoms with van der Waals surface area (Å²) in [6.07, 6.45) is 3.49. The molecule has 0 saturated carbocycles. The van der Waals surface area contributed by atoms with E-state index in [-0.39, 0.29) is 0 Å². The molecule has 4 nitrogen and oxygen atoms in total. The molecule has 0 atom stereocenters. The first-order valence-electron chi connectivity index (χ1n) is 8.44. The van der Waals surface area contributed by atoms with Gasteiger partial charge in [0.15, 0.2) is 0 Å². The first-order chi connectivity index (χ1) is 11.1. The van der Waals surface area contributed by atoms with Crippen molar-refractivity contribution in [3.8, 4) is 5.69 Å². The lowest BCUT2D eigenvalue weighted by molar-refractivity contribution is 0.252. The second-order valence-electron chi connectivity index (χ2n) is 6.81. The van der Waals surface area contributed by atoms with E-state index in [4.69, 9.17) is 16.7 Å². The predicted octanol–water partition coefficient (Wildman–Crippen LogP) is 3.61. The van der Waals surface area contributed by atoms with Crippen molar-refractivity contribution in [2.45, 2.75) is 32.1 Å². The highest BCUT2D eigenvalue weighted by molar-refractivity contribution is 6.30. The number of hydrogen-bond donors (Lipinski definition) is 1. The standard InChI is InChI=1S/C18H23ClN4/c1-12-3-4-14(19)11-16(12)23-18-15(5-8-20-18)17(21-23)13-6-9-22(2)10-7-13/h3-4,11,13,20H,5-10H2,1-2H3. The topological polar surface area (TPSA) is 33.1 Å². The first-order valence-corrected chi connectivity index (χ1v) is 8.82. The van der Waals surface area contributed by atoms with Crippen LogP contribution in [0.15, 0.2) is 18.2 Å². The van der Waals surface area contributed by atoms with Crippen LogP contribution in [0.2, 0.25) is 5.02 Å². The van der Waals surface area contributed by atoms with E-state index in [9.17, 15) is 0 Å². The summed E-state index contributed by atoms with van der Waals surface area (Å²) in [5, 5.41) is 9.32. The van der Waals surface area contributed by atoms with Gasteiger partial charge < -0.3 is 10.2 Å². The van der Waals surface area contributed by atoms with Crippen molar-refractivity contribution in [2.24, 2.45) is 0 Å². The molecule has 0 amide bonds. The zero-order chi connectivity index (χ0) is 16.0. The lowest BCUT2D eigenvalue weighted by Crippen LogP contribution is -2.29. The summed E-state index contributed by atoms with van der Waals surface area (Å²) in [4.78, 5) is 2.41. The summed E-state index contributed by atoms with van der Waals surface area (Å²) in [5.41, 5.74) is 5.00. The van der Waals surface area contributed by atoms with Gasteiger partial charge in [-0.1, -0.05) is 17.7 Å². The lowest BCUT2D eigenvalue weighted by Gasteiger charge is -2.28. The van der Waals surface area contributed by atoms with Gasteiger partial charge in [-0.2, -0.15) is 5.10 Å². The van der Waals surface area contributed by atoms with Gasteiger partial charge in [0.1, 0.15) is 5.82 Å². The number of likely N-dealkylation sites (tertiary alicyclic amines) is 1. The highest BCUT2D eigenvalue weighted by Gasteiger charge is 2.29. The van der Waals surface area contributed by atoms with Crippen molar-refractivity contribution in [3.05, 3.63) is 40.0 Å². The highest BCUT2D eigenvalue weighted by atomic mass is 35.5. The summed E-state index contributed by atoms with van der Waals surface area (Å²) in [6, 6.07) is 6.02. The quantitative estimate of drug-likeness (QED) is 0.913. The Hall–Kier alpha value is -1.52. The van der Waals surface area contributed by atoms with E-state index >= 15 is 0 Å². The highest BCUT2D eigenvalue weighted by Crippen LogP contribution is 2.37. The average Bonchev–Trinajstić information content (AvgIpc) is 3.13. The Morgan fingerprint density at radius 1 is 1.26 bits per heavy atom. The maximum atomic E-state index is 6.22. The van der Waals surface area contributed by atoms with Gasteiger partial charge in [0.25, 0.3) is 0 Å². The fraction of sp³-hybridized carbons (Fsp3) is 0.500. The third-order valence-electron chi connectivity index (χ3n) is 5.19. The molecule has 0 radical (unpaired) electrons. The maximum absolute atomic E-state index is 6.22. The van der Waals surface area contributed by atoms with Crippen LogP contribution in [0.4, 0.5) is 5.82 Å². The number of aromatic nitrogens is 2. The number of aryl methyl sites for hydroxylation is 1. The predicted molar refractivity (Wildman–Crippen MR) is 95.0 cm³/mol. The average molecular weight is 331 g/mol. The van der Waals surface area contributed by atoms with Crippen LogP contribution in [0.5, 0.6) is 0 Å². The van der Waals surface area contributed by atoms with Crippen molar-refractivity contribution in [2.75, 3.05) is 32.0 Å². The second kappa shape index (κ2) is 5.84. The molecule has 122 valence electrons. The number of nitrogens with one attached hydrogen (secondary N) is 1. The van der Waals surface area contributed by atoms with E-state index in [2.05, 4.69) is 34.9 Å². The Morgan fingerprint density at radius 2 is 2.04 bits per heavy atom. The molecule has 23 heavy (non-hydrogen) atoms. The third kappa shape index (κ3) is 2.64. The molecule has 1 N–H and O–H groups in total. The van der Waals surface area contributed by atoms with Crippen LogP contribution >= 0.6 is 11.6 Å². The SMILES string of the molecule is Cc1ccc(Cl)cc1-n1nc(C2CCN(C)CC2)c2c1NCC2. The molecule has 0 unspecified atom stereocenters. The summed E-state index contributed by atoms with van der Waals surface area (Å²) < 4.78 is 2.08. The van der Waals surface area contributed by atoms with Crippen molar-refractivity contribution < 1.29 is 0 Å². The fourth-order valence-electron chi connectivity index (χ4n) is 3.80. The monoisotopic (exact) mass is 330 g/mol. The van der Waals surface area contributed by atoms with Crippen LogP contribution in [0.1, 0.15) is 35.6 Å². The van der Waals surface area contributed by atoms with Crippen LogP contribution < -0.4 is 5.32 Å². The second-order valence-corrected chi connectivity index (χ2v) is 7.25. The molecule has 0 bridgehead atoms. The largest absolute Gasteiger partial charge is 0.369 e. The normalized spacial score (nSPS) is 18.9. The molecule has 1 aromatic heterocycles. The van der Waals surface area contributed by atoms with E-state index in [1.807, 2.05) is 12.1 Å². The number of hydrogen-bond acceptors (Lipinski definition) is 3. The minimum absolute atomic E-state index is 0.584. The molecule has 2 aliphatic heterocycles. The van der Waals surface area contributed by atoms with Crippen molar-refractivity contribution in [3.63, 3.8) is 0 Å². The van der Waals surface area contributed by atoms with Gasteiger partial charge in [-0.05, 0) is 64.0 Å². The third-order valence-corrected chi connectivity index (χ3v) is 5.42. The Kier molecular flexibility index (Phi) is 3.82. The molecule has 2 aromatic rings. The number of anilines is 1. The molecule has 2 aliphatic rings. The molecule has 0 spiro atoms. The van der Waals surface area contributed by atoms with Crippen LogP contribution in [-0.2, 0) is 6.42 Å². The van der Waals surface area contributed by atoms with Gasteiger partial charge in [-0.15, -0.1) is 0 Å². The number of rotatable bonds is 2. The Labute approximate surface area is 142 Å². The van der Waals surface area contributed by atoms with Crippen LogP contribution in [0.25, 0.3) is 5.69 Å². The van der Waals surface area contributed by atoms with E-state index in [1.165, 1.54) is 35.5 Å². The van der Waals surface area contributed by atoms with Gasteiger partial charge in [0, 0.05) is 23.0 Å². The molecule has 1 fully saturated rings. The molecule has 1 aromatic carbocycles. The Balaban J connectivity index is 1.77. The van der Waals surface area contributed by atoms with Crippen LogP contribution in [-0.4, -0.2) is 41.4 Å². The van der Waals surface area contributed by atoms with Gasteiger partial charge in [0.05, 0.1) is 11.4 Å². The summed E-state index contributed by atoms with van der Waals surface area (Å²) in [7, 11) is 2.20. The van der Waals surface area contributed by atoms with Crippen molar-refractivity contribution >= 4 is 17.4 Å². The van der Waals surface area contributed by atoms with Gasteiger partial charge >= 0.3 is 0 Å². The molecule has 4 rings (SSSR count). The Bertz CT molecular complexity index is 729. The minimum Gasteiger partial charge on any atom is -0.369 e. The minimum atomic E-state index is 0.584. The first kappa shape index (κ1) is 15.0. The zero-order valence-electron chi connectivity index (χ0n) is 13.8. The van der Waals surface area contributed by atoms with Gasteiger partial charge in [-0.25, -0.2) is 4.68 Å². The van der Waals surface area contributed by atoms with E-state index in [0.717, 1.165) is 36.8 Å². The molecule has 5 heteroatoms. The molecular weight excluding hydrogens is 308 g/mol. The van der Waals surface area contributed by atoms with Gasteiger partial charge in [0.2, 0.25) is 0 Å². The van der Waals surface area contributed by atoms with Crippen LogP contribution in [0, 0.1) is 6.92 Å². The summed E-state index contributed by atoms with van der Waals surface area (Å²) >= 11 is 6.22. The number of nitrogens with zero attached hydrogens (tertiary/aromatic N) is 3. The summed E-state index contributed by atoms with van der Waals surface area (Å²) in [6.45, 7) is 5.45. The Morgan fingerprint density at radius 3 is 2.83 bits per heavy atom. The smallest absolute Gasteiger partial charge is 0.133 e. The summed E-state index contributed by atoms with van der Waals surface area (Å²) in [5.74, 6) is 1.75. The number of piperidine rings is 1. The zero-order valence-corrected chi connectivity index (χ0v) is 14.5. The fourth-order valence-corrected chi connectivity index (χ4v) is 3.96.